The molecule has 0 aromatic carbocycles. The Morgan fingerprint density at radius 1 is 1.56 bits per heavy atom. The Kier molecular flexibility index (Phi) is 4.94. The molecule has 0 aliphatic rings. The molecule has 3 unspecified atom stereocenters. The predicted molar refractivity (Wildman–Crippen MR) is 68.1 cm³/mol. The summed E-state index contributed by atoms with van der Waals surface area (Å²) in [5.74, 6) is 0.0323. The van der Waals surface area contributed by atoms with Gasteiger partial charge in [0, 0.05) is 12.6 Å². The Balaban J connectivity index is 2.76. The Bertz CT molecular complexity index is 340. The quantitative estimate of drug-likeness (QED) is 0.854. The van der Waals surface area contributed by atoms with E-state index in [0.717, 1.165) is 6.54 Å². The molecule has 0 bridgehead atoms. The fraction of sp³-hybridized carbons (Fsp3) is 0.583. The Morgan fingerprint density at radius 3 is 2.69 bits per heavy atom. The molecule has 1 rings (SSSR count). The molecular formula is C12H19N3S. The van der Waals surface area contributed by atoms with Crippen LogP contribution in [-0.2, 0) is 0 Å². The molecule has 1 aromatic heterocycles. The third kappa shape index (κ3) is 3.31. The molecule has 88 valence electrons. The van der Waals surface area contributed by atoms with Gasteiger partial charge in [-0.3, -0.25) is 4.90 Å². The first-order chi connectivity index (χ1) is 7.56. The van der Waals surface area contributed by atoms with E-state index in [0.29, 0.717) is 0 Å². The highest BCUT2D eigenvalue weighted by Crippen LogP contribution is 2.24. The maximum Gasteiger partial charge on any atom is 0.0666 e. The van der Waals surface area contributed by atoms with Crippen molar-refractivity contribution in [3.63, 3.8) is 0 Å². The minimum atomic E-state index is 0.0323. The van der Waals surface area contributed by atoms with Crippen molar-refractivity contribution < 1.29 is 0 Å². The monoisotopic (exact) mass is 237 g/mol. The van der Waals surface area contributed by atoms with E-state index in [1.807, 2.05) is 20.9 Å². The molecule has 0 radical (unpaired) electrons. The molecule has 0 aliphatic heterocycles. The second kappa shape index (κ2) is 6.00. The lowest BCUT2D eigenvalue weighted by atomic mass is 10.0. The predicted octanol–water partition coefficient (Wildman–Crippen LogP) is 2.23. The Morgan fingerprint density at radius 2 is 2.25 bits per heavy atom. The van der Waals surface area contributed by atoms with Crippen LogP contribution < -0.4 is 5.73 Å². The first kappa shape index (κ1) is 13.2. The summed E-state index contributed by atoms with van der Waals surface area (Å²) >= 11 is 1.68. The second-order valence-electron chi connectivity index (χ2n) is 4.33. The average Bonchev–Trinajstić information content (AvgIpc) is 2.70. The van der Waals surface area contributed by atoms with Crippen LogP contribution in [0.15, 0.2) is 16.8 Å². The molecule has 0 saturated carbocycles. The van der Waals surface area contributed by atoms with Crippen molar-refractivity contribution in [2.75, 3.05) is 13.6 Å². The van der Waals surface area contributed by atoms with Crippen LogP contribution in [0.2, 0.25) is 0 Å². The van der Waals surface area contributed by atoms with Crippen molar-refractivity contribution in [1.29, 1.82) is 5.26 Å². The molecule has 0 saturated heterocycles. The summed E-state index contributed by atoms with van der Waals surface area (Å²) in [5.41, 5.74) is 7.27. The number of rotatable bonds is 5. The minimum absolute atomic E-state index is 0.0323. The maximum absolute atomic E-state index is 8.83. The molecule has 0 fully saturated rings. The number of nitriles is 1. The van der Waals surface area contributed by atoms with E-state index in [9.17, 15) is 0 Å². The van der Waals surface area contributed by atoms with E-state index >= 15 is 0 Å². The van der Waals surface area contributed by atoms with E-state index in [-0.39, 0.29) is 18.0 Å². The van der Waals surface area contributed by atoms with Gasteiger partial charge in [-0.1, -0.05) is 0 Å². The average molecular weight is 237 g/mol. The number of nitrogens with zero attached hydrogens (tertiary/aromatic N) is 2. The van der Waals surface area contributed by atoms with Gasteiger partial charge >= 0.3 is 0 Å². The van der Waals surface area contributed by atoms with E-state index < -0.39 is 0 Å². The van der Waals surface area contributed by atoms with E-state index in [1.54, 1.807) is 11.3 Å². The lowest BCUT2D eigenvalue weighted by Crippen LogP contribution is -2.38. The summed E-state index contributed by atoms with van der Waals surface area (Å²) in [6.07, 6.45) is 0. The van der Waals surface area contributed by atoms with Gasteiger partial charge in [0.05, 0.1) is 18.0 Å². The largest absolute Gasteiger partial charge is 0.326 e. The van der Waals surface area contributed by atoms with Crippen LogP contribution in [0.5, 0.6) is 0 Å². The molecule has 3 nitrogen and oxygen atoms in total. The van der Waals surface area contributed by atoms with Gasteiger partial charge in [0.25, 0.3) is 0 Å². The minimum Gasteiger partial charge on any atom is -0.326 e. The van der Waals surface area contributed by atoms with Gasteiger partial charge in [0.15, 0.2) is 0 Å². The summed E-state index contributed by atoms with van der Waals surface area (Å²) in [6.45, 7) is 4.69. The SMILES string of the molecule is CC(C#N)CN(C)C(c1ccsc1)C(C)N. The molecule has 1 heterocycles. The lowest BCUT2D eigenvalue weighted by molar-refractivity contribution is 0.206. The van der Waals surface area contributed by atoms with Crippen molar-refractivity contribution in [3.05, 3.63) is 22.4 Å². The molecule has 0 spiro atoms. The number of nitrogens with two attached hydrogens (primary N) is 1. The van der Waals surface area contributed by atoms with E-state index in [1.165, 1.54) is 5.56 Å². The summed E-state index contributed by atoms with van der Waals surface area (Å²) in [6, 6.07) is 4.62. The summed E-state index contributed by atoms with van der Waals surface area (Å²) in [7, 11) is 2.03. The zero-order valence-electron chi connectivity index (χ0n) is 10.1. The Hall–Kier alpha value is -0.890. The van der Waals surface area contributed by atoms with Crippen molar-refractivity contribution in [2.45, 2.75) is 25.9 Å². The zero-order chi connectivity index (χ0) is 12.1. The van der Waals surface area contributed by atoms with Crippen LogP contribution >= 0.6 is 11.3 Å². The molecule has 4 heteroatoms. The highest BCUT2D eigenvalue weighted by molar-refractivity contribution is 7.07. The van der Waals surface area contributed by atoms with Crippen molar-refractivity contribution in [1.82, 2.24) is 4.90 Å². The van der Waals surface area contributed by atoms with Crippen LogP contribution in [0, 0.1) is 17.2 Å². The number of thiophene rings is 1. The molecule has 0 amide bonds. The fourth-order valence-corrected chi connectivity index (χ4v) is 2.68. The fourth-order valence-electron chi connectivity index (χ4n) is 1.99. The summed E-state index contributed by atoms with van der Waals surface area (Å²) in [4.78, 5) is 2.17. The van der Waals surface area contributed by atoms with E-state index in [4.69, 9.17) is 11.0 Å². The van der Waals surface area contributed by atoms with Gasteiger partial charge in [0.2, 0.25) is 0 Å². The number of hydrogen-bond donors (Lipinski definition) is 1. The van der Waals surface area contributed by atoms with Gasteiger partial charge in [-0.05, 0) is 43.3 Å². The topological polar surface area (TPSA) is 53.0 Å². The molecular weight excluding hydrogens is 218 g/mol. The number of hydrogen-bond acceptors (Lipinski definition) is 4. The molecule has 16 heavy (non-hydrogen) atoms. The standard InChI is InChI=1S/C12H19N3S/c1-9(6-13)7-15(3)12(10(2)14)11-4-5-16-8-11/h4-5,8-10,12H,7,14H2,1-3H3. The van der Waals surface area contributed by atoms with Crippen molar-refractivity contribution >= 4 is 11.3 Å². The summed E-state index contributed by atoms with van der Waals surface area (Å²) < 4.78 is 0. The van der Waals surface area contributed by atoms with Gasteiger partial charge in [-0.2, -0.15) is 16.6 Å². The lowest BCUT2D eigenvalue weighted by Gasteiger charge is -2.31. The third-order valence-electron chi connectivity index (χ3n) is 2.64. The first-order valence-electron chi connectivity index (χ1n) is 5.43. The van der Waals surface area contributed by atoms with Gasteiger partial charge < -0.3 is 5.73 Å². The highest BCUT2D eigenvalue weighted by atomic mass is 32.1. The van der Waals surface area contributed by atoms with Crippen LogP contribution in [0.4, 0.5) is 0 Å². The van der Waals surface area contributed by atoms with E-state index in [2.05, 4.69) is 27.8 Å². The van der Waals surface area contributed by atoms with Crippen molar-refractivity contribution in [2.24, 2.45) is 11.7 Å². The Labute approximate surface area is 101 Å². The zero-order valence-corrected chi connectivity index (χ0v) is 10.9. The van der Waals surface area contributed by atoms with Gasteiger partial charge in [-0.25, -0.2) is 0 Å². The molecule has 1 aromatic rings. The van der Waals surface area contributed by atoms with Gasteiger partial charge in [0.1, 0.15) is 0 Å². The first-order valence-corrected chi connectivity index (χ1v) is 6.38. The maximum atomic E-state index is 8.83. The second-order valence-corrected chi connectivity index (χ2v) is 5.11. The summed E-state index contributed by atoms with van der Waals surface area (Å²) in [5, 5.41) is 13.0. The van der Waals surface area contributed by atoms with Crippen LogP contribution in [0.3, 0.4) is 0 Å². The van der Waals surface area contributed by atoms with Crippen LogP contribution in [0.1, 0.15) is 25.5 Å². The third-order valence-corrected chi connectivity index (χ3v) is 3.34. The smallest absolute Gasteiger partial charge is 0.0666 e. The van der Waals surface area contributed by atoms with Crippen molar-refractivity contribution in [3.8, 4) is 6.07 Å². The van der Waals surface area contributed by atoms with Gasteiger partial charge in [-0.15, -0.1) is 0 Å². The highest BCUT2D eigenvalue weighted by Gasteiger charge is 2.22. The normalized spacial score (nSPS) is 16.8. The molecule has 3 atom stereocenters. The number of likely N-dealkylation sites (N-methyl/N-ethyl adjacent to an activating group) is 1. The van der Waals surface area contributed by atoms with Crippen LogP contribution in [-0.4, -0.2) is 24.5 Å². The molecule has 2 N–H and O–H groups in total. The van der Waals surface area contributed by atoms with Crippen LogP contribution in [0.25, 0.3) is 0 Å². The molecule has 0 aliphatic carbocycles.